The molecule has 0 atom stereocenters. The van der Waals surface area contributed by atoms with Crippen molar-refractivity contribution in [2.45, 2.75) is 26.2 Å². The maximum absolute atomic E-state index is 9.93. The largest absolute Gasteiger partial charge is 0.508 e. The molecule has 3 N–H and O–H groups in total. The molecule has 0 unspecified atom stereocenters. The summed E-state index contributed by atoms with van der Waals surface area (Å²) in [6, 6.07) is 3.51. The van der Waals surface area contributed by atoms with Crippen LogP contribution in [0.5, 0.6) is 11.5 Å². The number of phenols is 2. The van der Waals surface area contributed by atoms with E-state index in [9.17, 15) is 10.2 Å². The molecule has 2 rings (SSSR count). The van der Waals surface area contributed by atoms with E-state index in [-0.39, 0.29) is 11.5 Å². The van der Waals surface area contributed by atoms with Gasteiger partial charge in [0.05, 0.1) is 0 Å². The zero-order valence-electron chi connectivity index (χ0n) is 9.66. The molecule has 0 amide bonds. The van der Waals surface area contributed by atoms with Crippen LogP contribution in [0.15, 0.2) is 12.1 Å². The summed E-state index contributed by atoms with van der Waals surface area (Å²) in [7, 11) is 0. The van der Waals surface area contributed by atoms with Crippen molar-refractivity contribution < 1.29 is 10.2 Å². The standard InChI is InChI=1S/C13H19NO2/c1-9-12(15)3-2-11(13(9)16)8-10-4-6-14-7-5-10/h2-3,10,14-16H,4-8H2,1H3. The van der Waals surface area contributed by atoms with Gasteiger partial charge in [0, 0.05) is 5.56 Å². The Balaban J connectivity index is 2.11. The summed E-state index contributed by atoms with van der Waals surface area (Å²) >= 11 is 0. The average Bonchev–Trinajstić information content (AvgIpc) is 2.31. The van der Waals surface area contributed by atoms with E-state index in [0.29, 0.717) is 11.5 Å². The molecule has 3 nitrogen and oxygen atoms in total. The monoisotopic (exact) mass is 221 g/mol. The third-order valence-electron chi connectivity index (χ3n) is 3.45. The summed E-state index contributed by atoms with van der Waals surface area (Å²) in [5, 5.41) is 22.7. The van der Waals surface area contributed by atoms with E-state index in [0.717, 1.165) is 25.1 Å². The number of phenolic OH excluding ortho intramolecular Hbond substituents is 2. The molecule has 1 fully saturated rings. The quantitative estimate of drug-likeness (QED) is 0.715. The summed E-state index contributed by atoms with van der Waals surface area (Å²) in [6.45, 7) is 3.89. The van der Waals surface area contributed by atoms with Gasteiger partial charge in [0.1, 0.15) is 11.5 Å². The fourth-order valence-electron chi connectivity index (χ4n) is 2.31. The van der Waals surface area contributed by atoms with Crippen LogP contribution in [0.2, 0.25) is 0 Å². The van der Waals surface area contributed by atoms with Crippen LogP contribution < -0.4 is 5.32 Å². The molecular weight excluding hydrogens is 202 g/mol. The summed E-state index contributed by atoms with van der Waals surface area (Å²) < 4.78 is 0. The van der Waals surface area contributed by atoms with Crippen molar-refractivity contribution in [3.05, 3.63) is 23.3 Å². The first-order valence-electron chi connectivity index (χ1n) is 5.89. The van der Waals surface area contributed by atoms with Crippen LogP contribution in [0, 0.1) is 12.8 Å². The van der Waals surface area contributed by atoms with Gasteiger partial charge < -0.3 is 15.5 Å². The lowest BCUT2D eigenvalue weighted by molar-refractivity contribution is 0.365. The molecular formula is C13H19NO2. The van der Waals surface area contributed by atoms with Gasteiger partial charge in [0.15, 0.2) is 0 Å². The van der Waals surface area contributed by atoms with Crippen molar-refractivity contribution in [1.29, 1.82) is 0 Å². The van der Waals surface area contributed by atoms with Gasteiger partial charge in [-0.2, -0.15) is 0 Å². The highest BCUT2D eigenvalue weighted by Crippen LogP contribution is 2.32. The summed E-state index contributed by atoms with van der Waals surface area (Å²) in [6.07, 6.45) is 3.24. The maximum Gasteiger partial charge on any atom is 0.125 e. The van der Waals surface area contributed by atoms with Gasteiger partial charge >= 0.3 is 0 Å². The molecule has 1 heterocycles. The fourth-order valence-corrected chi connectivity index (χ4v) is 2.31. The summed E-state index contributed by atoms with van der Waals surface area (Å²) in [5.41, 5.74) is 1.55. The van der Waals surface area contributed by atoms with Crippen molar-refractivity contribution in [3.8, 4) is 11.5 Å². The van der Waals surface area contributed by atoms with Crippen LogP contribution in [0.4, 0.5) is 0 Å². The number of benzene rings is 1. The van der Waals surface area contributed by atoms with Crippen molar-refractivity contribution >= 4 is 0 Å². The van der Waals surface area contributed by atoms with Crippen LogP contribution in [0.25, 0.3) is 0 Å². The van der Waals surface area contributed by atoms with Crippen molar-refractivity contribution in [2.75, 3.05) is 13.1 Å². The molecule has 1 aliphatic heterocycles. The molecule has 0 aliphatic carbocycles. The molecule has 88 valence electrons. The Morgan fingerprint density at radius 1 is 1.25 bits per heavy atom. The van der Waals surface area contributed by atoms with Crippen LogP contribution in [0.3, 0.4) is 0 Å². The second-order valence-electron chi connectivity index (χ2n) is 4.61. The lowest BCUT2D eigenvalue weighted by Crippen LogP contribution is -2.28. The predicted molar refractivity (Wildman–Crippen MR) is 63.8 cm³/mol. The van der Waals surface area contributed by atoms with E-state index < -0.39 is 0 Å². The van der Waals surface area contributed by atoms with Crippen LogP contribution in [-0.2, 0) is 6.42 Å². The minimum atomic E-state index is 0.173. The minimum Gasteiger partial charge on any atom is -0.508 e. The topological polar surface area (TPSA) is 52.5 Å². The van der Waals surface area contributed by atoms with Crippen molar-refractivity contribution in [3.63, 3.8) is 0 Å². The third kappa shape index (κ3) is 2.30. The van der Waals surface area contributed by atoms with Gasteiger partial charge in [0.2, 0.25) is 0 Å². The number of nitrogens with one attached hydrogen (secondary N) is 1. The van der Waals surface area contributed by atoms with Gasteiger partial charge in [-0.1, -0.05) is 6.07 Å². The first-order valence-corrected chi connectivity index (χ1v) is 5.89. The second-order valence-corrected chi connectivity index (χ2v) is 4.61. The van der Waals surface area contributed by atoms with E-state index in [2.05, 4.69) is 5.32 Å². The molecule has 0 saturated carbocycles. The Morgan fingerprint density at radius 2 is 1.94 bits per heavy atom. The Bertz CT molecular complexity index is 370. The second kappa shape index (κ2) is 4.74. The molecule has 1 saturated heterocycles. The Morgan fingerprint density at radius 3 is 2.62 bits per heavy atom. The molecule has 1 aliphatic rings. The fraction of sp³-hybridized carbons (Fsp3) is 0.538. The summed E-state index contributed by atoms with van der Waals surface area (Å²) in [5.74, 6) is 1.08. The molecule has 0 radical (unpaired) electrons. The van der Waals surface area contributed by atoms with E-state index in [1.54, 1.807) is 13.0 Å². The zero-order chi connectivity index (χ0) is 11.5. The Labute approximate surface area is 96.1 Å². The predicted octanol–water partition coefficient (Wildman–Crippen LogP) is 1.95. The molecule has 0 bridgehead atoms. The highest BCUT2D eigenvalue weighted by Gasteiger charge is 2.16. The van der Waals surface area contributed by atoms with E-state index >= 15 is 0 Å². The third-order valence-corrected chi connectivity index (χ3v) is 3.45. The number of piperidine rings is 1. The first kappa shape index (κ1) is 11.3. The van der Waals surface area contributed by atoms with Gasteiger partial charge in [0.25, 0.3) is 0 Å². The molecule has 0 spiro atoms. The Hall–Kier alpha value is -1.22. The average molecular weight is 221 g/mol. The van der Waals surface area contributed by atoms with Crippen LogP contribution >= 0.6 is 0 Å². The Kier molecular flexibility index (Phi) is 3.34. The number of hydrogen-bond donors (Lipinski definition) is 3. The van der Waals surface area contributed by atoms with Crippen molar-refractivity contribution in [1.82, 2.24) is 5.32 Å². The van der Waals surface area contributed by atoms with Gasteiger partial charge in [-0.3, -0.25) is 0 Å². The first-order chi connectivity index (χ1) is 7.68. The number of rotatable bonds is 2. The van der Waals surface area contributed by atoms with Crippen molar-refractivity contribution in [2.24, 2.45) is 5.92 Å². The molecule has 0 aromatic heterocycles. The van der Waals surface area contributed by atoms with E-state index in [1.807, 2.05) is 6.07 Å². The lowest BCUT2D eigenvalue weighted by atomic mass is 9.90. The van der Waals surface area contributed by atoms with Gasteiger partial charge in [-0.05, 0) is 56.8 Å². The SMILES string of the molecule is Cc1c(O)ccc(CC2CCNCC2)c1O. The number of aromatic hydroxyl groups is 2. The van der Waals surface area contributed by atoms with Crippen LogP contribution in [-0.4, -0.2) is 23.3 Å². The number of hydrogen-bond acceptors (Lipinski definition) is 3. The molecule has 3 heteroatoms. The minimum absolute atomic E-state index is 0.173. The van der Waals surface area contributed by atoms with Crippen LogP contribution in [0.1, 0.15) is 24.0 Å². The summed E-state index contributed by atoms with van der Waals surface area (Å²) in [4.78, 5) is 0. The van der Waals surface area contributed by atoms with E-state index in [1.165, 1.54) is 12.8 Å². The highest BCUT2D eigenvalue weighted by molar-refractivity contribution is 5.47. The van der Waals surface area contributed by atoms with Gasteiger partial charge in [-0.25, -0.2) is 0 Å². The lowest BCUT2D eigenvalue weighted by Gasteiger charge is -2.23. The molecule has 16 heavy (non-hydrogen) atoms. The zero-order valence-corrected chi connectivity index (χ0v) is 9.66. The maximum atomic E-state index is 9.93. The smallest absolute Gasteiger partial charge is 0.125 e. The molecule has 1 aromatic rings. The van der Waals surface area contributed by atoms with E-state index in [4.69, 9.17) is 0 Å². The molecule has 1 aromatic carbocycles. The highest BCUT2D eigenvalue weighted by atomic mass is 16.3. The normalized spacial score (nSPS) is 17.6. The van der Waals surface area contributed by atoms with Gasteiger partial charge in [-0.15, -0.1) is 0 Å².